The topological polar surface area (TPSA) is 12.9 Å². The summed E-state index contributed by atoms with van der Waals surface area (Å²) < 4.78 is 0. The lowest BCUT2D eigenvalue weighted by Gasteiger charge is -2.29. The van der Waals surface area contributed by atoms with E-state index in [4.69, 9.17) is 4.98 Å². The van der Waals surface area contributed by atoms with Crippen LogP contribution in [0.4, 0.5) is 0 Å². The molecular weight excluding hydrogens is 402 g/mol. The van der Waals surface area contributed by atoms with E-state index in [-0.39, 0.29) is 5.41 Å². The van der Waals surface area contributed by atoms with Crippen LogP contribution in [0.1, 0.15) is 26.3 Å². The third-order valence-electron chi connectivity index (χ3n) is 5.96. The molecule has 0 radical (unpaired) electrons. The third kappa shape index (κ3) is 4.76. The van der Waals surface area contributed by atoms with Gasteiger partial charge in [-0.25, -0.2) is 0 Å². The molecular formula is C30H33NSi. The molecule has 0 atom stereocenters. The molecule has 0 N–H and O–H groups in total. The molecule has 0 bridgehead atoms. The van der Waals surface area contributed by atoms with E-state index in [0.29, 0.717) is 0 Å². The Morgan fingerprint density at radius 1 is 0.594 bits per heavy atom. The van der Waals surface area contributed by atoms with Crippen LogP contribution in [-0.2, 0) is 5.41 Å². The van der Waals surface area contributed by atoms with Crippen molar-refractivity contribution in [1.29, 1.82) is 0 Å². The smallest absolute Gasteiger partial charge is 0.0800 e. The van der Waals surface area contributed by atoms with E-state index in [1.54, 1.807) is 0 Å². The highest BCUT2D eigenvalue weighted by molar-refractivity contribution is 6.89. The maximum Gasteiger partial charge on any atom is 0.0800 e. The summed E-state index contributed by atoms with van der Waals surface area (Å²) in [6.45, 7) is 14.1. The molecule has 1 heterocycles. The van der Waals surface area contributed by atoms with Gasteiger partial charge in [0.05, 0.1) is 13.8 Å². The van der Waals surface area contributed by atoms with Gasteiger partial charge in [0.2, 0.25) is 0 Å². The largest absolute Gasteiger partial charge is 0.256 e. The molecule has 162 valence electrons. The summed E-state index contributed by atoms with van der Waals surface area (Å²) in [4.78, 5) is 4.99. The van der Waals surface area contributed by atoms with E-state index in [9.17, 15) is 0 Å². The van der Waals surface area contributed by atoms with Crippen molar-refractivity contribution in [1.82, 2.24) is 4.98 Å². The number of hydrogen-bond acceptors (Lipinski definition) is 1. The Morgan fingerprint density at radius 2 is 1.06 bits per heavy atom. The molecule has 1 aromatic heterocycles. The van der Waals surface area contributed by atoms with Crippen LogP contribution in [0.15, 0.2) is 91.1 Å². The van der Waals surface area contributed by atoms with Crippen molar-refractivity contribution in [3.63, 3.8) is 0 Å². The van der Waals surface area contributed by atoms with E-state index < -0.39 is 8.07 Å². The minimum Gasteiger partial charge on any atom is -0.256 e. The van der Waals surface area contributed by atoms with E-state index in [1.165, 1.54) is 33.0 Å². The van der Waals surface area contributed by atoms with Crippen LogP contribution in [-0.4, -0.2) is 13.1 Å². The van der Waals surface area contributed by atoms with Gasteiger partial charge in [0.1, 0.15) is 0 Å². The molecule has 4 aromatic rings. The van der Waals surface area contributed by atoms with E-state index in [2.05, 4.69) is 132 Å². The molecule has 0 saturated heterocycles. The van der Waals surface area contributed by atoms with Crippen molar-refractivity contribution in [2.24, 2.45) is 0 Å². The molecule has 4 rings (SSSR count). The maximum absolute atomic E-state index is 4.99. The highest BCUT2D eigenvalue weighted by atomic mass is 28.3. The van der Waals surface area contributed by atoms with Crippen LogP contribution in [0.25, 0.3) is 33.5 Å². The first-order valence-corrected chi connectivity index (χ1v) is 14.9. The molecule has 0 spiro atoms. The second-order valence-corrected chi connectivity index (χ2v) is 15.7. The van der Waals surface area contributed by atoms with Gasteiger partial charge in [-0.15, -0.1) is 0 Å². The number of pyridine rings is 1. The van der Waals surface area contributed by atoms with Gasteiger partial charge in [-0.05, 0) is 62.7 Å². The summed E-state index contributed by atoms with van der Waals surface area (Å²) in [6.07, 6.45) is 2.15. The third-order valence-corrected chi connectivity index (χ3v) is 7.98. The van der Waals surface area contributed by atoms with Crippen LogP contribution in [0.3, 0.4) is 0 Å². The highest BCUT2D eigenvalue weighted by Crippen LogP contribution is 2.33. The van der Waals surface area contributed by atoms with Crippen LogP contribution >= 0.6 is 0 Å². The van der Waals surface area contributed by atoms with Gasteiger partial charge in [-0.3, -0.25) is 4.98 Å². The average Bonchev–Trinajstić information content (AvgIpc) is 2.78. The first kappa shape index (κ1) is 22.2. The van der Waals surface area contributed by atoms with Gasteiger partial charge >= 0.3 is 0 Å². The molecule has 0 saturated carbocycles. The summed E-state index contributed by atoms with van der Waals surface area (Å²) in [7, 11) is -1.50. The summed E-state index contributed by atoms with van der Waals surface area (Å²) in [5.74, 6) is 0. The molecule has 1 nitrogen and oxygen atoms in total. The lowest BCUT2D eigenvalue weighted by molar-refractivity contribution is 0.593. The molecule has 2 heteroatoms. The fourth-order valence-electron chi connectivity index (χ4n) is 4.20. The maximum atomic E-state index is 4.99. The highest BCUT2D eigenvalue weighted by Gasteiger charge is 2.27. The van der Waals surface area contributed by atoms with Crippen molar-refractivity contribution in [2.75, 3.05) is 0 Å². The van der Waals surface area contributed by atoms with Gasteiger partial charge in [0.25, 0.3) is 0 Å². The normalized spacial score (nSPS) is 12.1. The Balaban J connectivity index is 1.93. The summed E-state index contributed by atoms with van der Waals surface area (Å²) in [6, 6.07) is 30.4. The molecule has 0 aliphatic rings. The van der Waals surface area contributed by atoms with Crippen molar-refractivity contribution in [3.8, 4) is 33.5 Å². The lowest BCUT2D eigenvalue weighted by atomic mass is 9.86. The molecule has 32 heavy (non-hydrogen) atoms. The van der Waals surface area contributed by atoms with Crippen molar-refractivity contribution < 1.29 is 0 Å². The van der Waals surface area contributed by atoms with Gasteiger partial charge in [0, 0.05) is 11.8 Å². The quantitative estimate of drug-likeness (QED) is 0.297. The molecule has 0 aliphatic carbocycles. The number of nitrogens with zero attached hydrogens (tertiary/aromatic N) is 1. The lowest BCUT2D eigenvalue weighted by Crippen LogP contribution is -2.43. The van der Waals surface area contributed by atoms with Crippen molar-refractivity contribution in [3.05, 3.63) is 96.7 Å². The number of rotatable bonds is 4. The summed E-state index contributed by atoms with van der Waals surface area (Å²) >= 11 is 0. The van der Waals surface area contributed by atoms with E-state index >= 15 is 0 Å². The predicted octanol–water partition coefficient (Wildman–Crippen LogP) is 7.93. The molecule has 0 aliphatic heterocycles. The number of aromatic nitrogens is 1. The van der Waals surface area contributed by atoms with Gasteiger partial charge in [0.15, 0.2) is 0 Å². The molecule has 0 amide bonds. The fraction of sp³-hybridized carbons (Fsp3) is 0.233. The Kier molecular flexibility index (Phi) is 5.92. The zero-order chi connectivity index (χ0) is 22.9. The Hall–Kier alpha value is -2.97. The van der Waals surface area contributed by atoms with Crippen molar-refractivity contribution >= 4 is 13.3 Å². The Bertz CT molecular complexity index is 1160. The fourth-order valence-corrected chi connectivity index (χ4v) is 5.91. The minimum atomic E-state index is -1.50. The van der Waals surface area contributed by atoms with Crippen LogP contribution < -0.4 is 5.19 Å². The molecule has 0 unspecified atom stereocenters. The first-order valence-electron chi connectivity index (χ1n) is 11.4. The number of hydrogen-bond donors (Lipinski definition) is 0. The average molecular weight is 436 g/mol. The Morgan fingerprint density at radius 3 is 1.50 bits per heavy atom. The van der Waals surface area contributed by atoms with E-state index in [1.807, 2.05) is 0 Å². The molecule has 3 aromatic carbocycles. The molecule has 0 fully saturated rings. The second-order valence-electron chi connectivity index (χ2n) is 10.6. The van der Waals surface area contributed by atoms with Crippen LogP contribution in [0, 0.1) is 0 Å². The minimum absolute atomic E-state index is 0.0760. The monoisotopic (exact) mass is 435 g/mol. The number of benzene rings is 3. The standard InChI is InChI=1S/C30H33NSi/c1-30(2,3)27-20-28(31-21-29(27)32(4,5)6)26-18-24(22-13-9-7-10-14-22)17-25(19-26)23-15-11-8-12-16-23/h7-21H,1-6H3. The summed E-state index contributed by atoms with van der Waals surface area (Å²) in [5, 5.41) is 1.45. The van der Waals surface area contributed by atoms with Gasteiger partial charge in [-0.2, -0.15) is 0 Å². The second kappa shape index (κ2) is 8.52. The van der Waals surface area contributed by atoms with Gasteiger partial charge < -0.3 is 0 Å². The summed E-state index contributed by atoms with van der Waals surface area (Å²) in [5.41, 5.74) is 8.60. The van der Waals surface area contributed by atoms with E-state index in [0.717, 1.165) is 11.3 Å². The Labute approximate surface area is 194 Å². The zero-order valence-electron chi connectivity index (χ0n) is 20.1. The van der Waals surface area contributed by atoms with Crippen LogP contribution in [0.2, 0.25) is 19.6 Å². The first-order chi connectivity index (χ1) is 15.1. The van der Waals surface area contributed by atoms with Crippen molar-refractivity contribution in [2.45, 2.75) is 45.8 Å². The SMILES string of the molecule is CC(C)(C)c1cc(-c2cc(-c3ccccc3)cc(-c3ccccc3)c2)ncc1[Si](C)(C)C. The van der Waals surface area contributed by atoms with Crippen LogP contribution in [0.5, 0.6) is 0 Å². The zero-order valence-corrected chi connectivity index (χ0v) is 21.1. The van der Waals surface area contributed by atoms with Gasteiger partial charge in [-0.1, -0.05) is 101 Å². The predicted molar refractivity (Wildman–Crippen MR) is 142 cm³/mol.